The number of carbonyl (C=O) groups is 1. The van der Waals surface area contributed by atoms with Crippen molar-refractivity contribution < 1.29 is 9.53 Å². The average molecular weight is 271 g/mol. The predicted molar refractivity (Wildman–Crippen MR) is 76.1 cm³/mol. The van der Waals surface area contributed by atoms with Gasteiger partial charge in [-0.3, -0.25) is 9.97 Å². The van der Waals surface area contributed by atoms with Crippen LogP contribution >= 0.6 is 0 Å². The summed E-state index contributed by atoms with van der Waals surface area (Å²) < 4.78 is 5.16. The highest BCUT2D eigenvalue weighted by atomic mass is 16.5. The molecule has 0 radical (unpaired) electrons. The van der Waals surface area contributed by atoms with E-state index in [4.69, 9.17) is 4.74 Å². The number of aromatic nitrogens is 2. The SMILES string of the molecule is CCOC(=O)C(C)(Nc1ccccc1)c1cnccn1. The summed E-state index contributed by atoms with van der Waals surface area (Å²) in [5.74, 6) is -0.385. The lowest BCUT2D eigenvalue weighted by Gasteiger charge is -2.28. The van der Waals surface area contributed by atoms with E-state index in [0.717, 1.165) is 5.69 Å². The summed E-state index contributed by atoms with van der Waals surface area (Å²) in [5, 5.41) is 3.18. The average Bonchev–Trinajstić information content (AvgIpc) is 2.49. The number of esters is 1. The second-order valence-electron chi connectivity index (χ2n) is 4.43. The number of hydrogen-bond donors (Lipinski definition) is 1. The Kier molecular flexibility index (Phi) is 4.30. The van der Waals surface area contributed by atoms with Crippen molar-refractivity contribution in [2.75, 3.05) is 11.9 Å². The van der Waals surface area contributed by atoms with E-state index >= 15 is 0 Å². The Morgan fingerprint density at radius 1 is 1.30 bits per heavy atom. The normalized spacial score (nSPS) is 13.3. The van der Waals surface area contributed by atoms with Crippen molar-refractivity contribution in [3.05, 3.63) is 54.6 Å². The molecule has 104 valence electrons. The molecule has 1 heterocycles. The Balaban J connectivity index is 2.36. The van der Waals surface area contributed by atoms with E-state index in [0.29, 0.717) is 12.3 Å². The summed E-state index contributed by atoms with van der Waals surface area (Å²) in [6.45, 7) is 3.82. The third-order valence-corrected chi connectivity index (χ3v) is 2.93. The summed E-state index contributed by atoms with van der Waals surface area (Å²) in [7, 11) is 0. The number of benzene rings is 1. The molecule has 0 amide bonds. The molecule has 1 aromatic heterocycles. The van der Waals surface area contributed by atoms with Gasteiger partial charge >= 0.3 is 5.97 Å². The number of para-hydroxylation sites is 1. The fourth-order valence-corrected chi connectivity index (χ4v) is 1.86. The number of hydrogen-bond acceptors (Lipinski definition) is 5. The lowest BCUT2D eigenvalue weighted by atomic mass is 9.97. The van der Waals surface area contributed by atoms with Crippen LogP contribution in [-0.4, -0.2) is 22.5 Å². The van der Waals surface area contributed by atoms with Gasteiger partial charge in [0.25, 0.3) is 0 Å². The van der Waals surface area contributed by atoms with Gasteiger partial charge in [-0.2, -0.15) is 0 Å². The van der Waals surface area contributed by atoms with Crippen molar-refractivity contribution in [1.82, 2.24) is 9.97 Å². The number of rotatable bonds is 5. The molecule has 0 saturated heterocycles. The summed E-state index contributed by atoms with van der Waals surface area (Å²) in [4.78, 5) is 20.6. The van der Waals surface area contributed by atoms with Gasteiger partial charge in [0, 0.05) is 18.1 Å². The molecule has 1 aromatic carbocycles. The molecule has 2 rings (SSSR count). The van der Waals surface area contributed by atoms with E-state index in [-0.39, 0.29) is 5.97 Å². The van der Waals surface area contributed by atoms with Crippen molar-refractivity contribution in [2.45, 2.75) is 19.4 Å². The zero-order valence-electron chi connectivity index (χ0n) is 11.5. The van der Waals surface area contributed by atoms with Crippen LogP contribution in [0, 0.1) is 0 Å². The standard InChI is InChI=1S/C15H17N3O2/c1-3-20-14(19)15(2,13-11-16-9-10-17-13)18-12-7-5-4-6-8-12/h4-11,18H,3H2,1-2H3. The molecule has 0 fully saturated rings. The summed E-state index contributed by atoms with van der Waals surface area (Å²) in [5.41, 5.74) is 0.252. The Bertz CT molecular complexity index is 560. The third-order valence-electron chi connectivity index (χ3n) is 2.93. The van der Waals surface area contributed by atoms with Gasteiger partial charge in [0.2, 0.25) is 0 Å². The number of anilines is 1. The minimum Gasteiger partial charge on any atom is -0.464 e. The largest absolute Gasteiger partial charge is 0.464 e. The van der Waals surface area contributed by atoms with Gasteiger partial charge in [-0.25, -0.2) is 4.79 Å². The molecule has 0 saturated carbocycles. The van der Waals surface area contributed by atoms with Crippen LogP contribution in [0.2, 0.25) is 0 Å². The van der Waals surface area contributed by atoms with Gasteiger partial charge in [0.15, 0.2) is 5.54 Å². The van der Waals surface area contributed by atoms with Gasteiger partial charge in [0.1, 0.15) is 0 Å². The van der Waals surface area contributed by atoms with Crippen molar-refractivity contribution >= 4 is 11.7 Å². The van der Waals surface area contributed by atoms with Gasteiger partial charge in [0.05, 0.1) is 18.5 Å². The zero-order valence-corrected chi connectivity index (χ0v) is 11.5. The third kappa shape index (κ3) is 2.93. The number of ether oxygens (including phenoxy) is 1. The van der Waals surface area contributed by atoms with E-state index < -0.39 is 5.54 Å². The molecule has 0 bridgehead atoms. The fraction of sp³-hybridized carbons (Fsp3) is 0.267. The molecule has 1 unspecified atom stereocenters. The Morgan fingerprint density at radius 2 is 2.05 bits per heavy atom. The quantitative estimate of drug-likeness (QED) is 0.846. The minimum absolute atomic E-state index is 0.311. The predicted octanol–water partition coefficient (Wildman–Crippen LogP) is 2.37. The van der Waals surface area contributed by atoms with Gasteiger partial charge < -0.3 is 10.1 Å². The highest BCUT2D eigenvalue weighted by Gasteiger charge is 2.38. The molecule has 0 aliphatic heterocycles. The molecular formula is C15H17N3O2. The Hall–Kier alpha value is -2.43. The fourth-order valence-electron chi connectivity index (χ4n) is 1.86. The van der Waals surface area contributed by atoms with Crippen LogP contribution in [0.1, 0.15) is 19.5 Å². The number of nitrogens with zero attached hydrogens (tertiary/aromatic N) is 2. The van der Waals surface area contributed by atoms with Crippen LogP contribution < -0.4 is 5.32 Å². The smallest absolute Gasteiger partial charge is 0.337 e. The van der Waals surface area contributed by atoms with E-state index in [2.05, 4.69) is 15.3 Å². The Labute approximate surface area is 118 Å². The monoisotopic (exact) mass is 271 g/mol. The molecule has 0 aliphatic carbocycles. The molecule has 5 heteroatoms. The van der Waals surface area contributed by atoms with Crippen LogP contribution in [0.25, 0.3) is 0 Å². The second-order valence-corrected chi connectivity index (χ2v) is 4.43. The van der Waals surface area contributed by atoms with Crippen LogP contribution in [0.15, 0.2) is 48.9 Å². The minimum atomic E-state index is -1.08. The maximum absolute atomic E-state index is 12.3. The van der Waals surface area contributed by atoms with Crippen molar-refractivity contribution in [1.29, 1.82) is 0 Å². The molecule has 0 aliphatic rings. The lowest BCUT2D eigenvalue weighted by Crippen LogP contribution is -2.42. The molecule has 20 heavy (non-hydrogen) atoms. The second kappa shape index (κ2) is 6.14. The highest BCUT2D eigenvalue weighted by Crippen LogP contribution is 2.25. The molecule has 5 nitrogen and oxygen atoms in total. The lowest BCUT2D eigenvalue weighted by molar-refractivity contribution is -0.148. The van der Waals surface area contributed by atoms with Gasteiger partial charge in [-0.05, 0) is 26.0 Å². The highest BCUT2D eigenvalue weighted by molar-refractivity contribution is 5.85. The van der Waals surface area contributed by atoms with Crippen LogP contribution in [0.3, 0.4) is 0 Å². The summed E-state index contributed by atoms with van der Waals surface area (Å²) in [6.07, 6.45) is 4.68. The summed E-state index contributed by atoms with van der Waals surface area (Å²) in [6, 6.07) is 9.46. The van der Waals surface area contributed by atoms with E-state index in [1.807, 2.05) is 30.3 Å². The molecule has 2 aromatic rings. The van der Waals surface area contributed by atoms with Crippen molar-refractivity contribution in [3.63, 3.8) is 0 Å². The Morgan fingerprint density at radius 3 is 2.65 bits per heavy atom. The molecule has 0 spiro atoms. The number of nitrogens with one attached hydrogen (secondary N) is 1. The maximum Gasteiger partial charge on any atom is 0.337 e. The molecule has 1 atom stereocenters. The zero-order chi connectivity index (χ0) is 14.4. The van der Waals surface area contributed by atoms with Crippen molar-refractivity contribution in [2.24, 2.45) is 0 Å². The first kappa shape index (κ1) is 14.0. The number of carbonyl (C=O) groups excluding carboxylic acids is 1. The first-order valence-electron chi connectivity index (χ1n) is 6.43. The molecule has 1 N–H and O–H groups in total. The van der Waals surface area contributed by atoms with Gasteiger partial charge in [-0.15, -0.1) is 0 Å². The first-order valence-corrected chi connectivity index (χ1v) is 6.43. The van der Waals surface area contributed by atoms with E-state index in [9.17, 15) is 4.79 Å². The van der Waals surface area contributed by atoms with Crippen LogP contribution in [0.4, 0.5) is 5.69 Å². The van der Waals surface area contributed by atoms with E-state index in [1.165, 1.54) is 0 Å². The first-order chi connectivity index (χ1) is 9.66. The summed E-state index contributed by atoms with van der Waals surface area (Å²) >= 11 is 0. The molecular weight excluding hydrogens is 254 g/mol. The van der Waals surface area contributed by atoms with Gasteiger partial charge in [-0.1, -0.05) is 18.2 Å². The van der Waals surface area contributed by atoms with Crippen LogP contribution in [0.5, 0.6) is 0 Å². The van der Waals surface area contributed by atoms with Crippen LogP contribution in [-0.2, 0) is 15.1 Å². The van der Waals surface area contributed by atoms with E-state index in [1.54, 1.807) is 32.4 Å². The maximum atomic E-state index is 12.3. The van der Waals surface area contributed by atoms with Crippen molar-refractivity contribution in [3.8, 4) is 0 Å². The topological polar surface area (TPSA) is 64.1 Å².